The van der Waals surface area contributed by atoms with Crippen LogP contribution >= 0.6 is 27.7 Å². The third kappa shape index (κ3) is 4.21. The van der Waals surface area contributed by atoms with Crippen LogP contribution in [0.4, 0.5) is 0 Å². The quantitative estimate of drug-likeness (QED) is 0.862. The molecular formula is C11H18BrNOS. The fraction of sp³-hybridized carbons (Fsp3) is 0.636. The van der Waals surface area contributed by atoms with E-state index in [0.29, 0.717) is 11.3 Å². The fourth-order valence-electron chi connectivity index (χ4n) is 1.32. The Morgan fingerprint density at radius 3 is 2.73 bits per heavy atom. The highest BCUT2D eigenvalue weighted by atomic mass is 79.9. The summed E-state index contributed by atoms with van der Waals surface area (Å²) in [5.74, 6) is 2.04. The molecule has 1 aromatic rings. The maximum absolute atomic E-state index is 5.49. The van der Waals surface area contributed by atoms with Crippen molar-refractivity contribution in [2.75, 3.05) is 12.3 Å². The molecule has 0 saturated carbocycles. The van der Waals surface area contributed by atoms with E-state index in [0.717, 1.165) is 22.5 Å². The average Bonchev–Trinajstić information content (AvgIpc) is 2.59. The molecule has 0 fully saturated rings. The molecule has 1 aromatic heterocycles. The molecule has 1 heterocycles. The zero-order valence-electron chi connectivity index (χ0n) is 9.42. The van der Waals surface area contributed by atoms with Gasteiger partial charge in [-0.25, -0.2) is 0 Å². The monoisotopic (exact) mass is 291 g/mol. The maximum atomic E-state index is 5.49. The van der Waals surface area contributed by atoms with Crippen LogP contribution in [0.25, 0.3) is 0 Å². The van der Waals surface area contributed by atoms with E-state index in [1.54, 1.807) is 6.26 Å². The first-order valence-electron chi connectivity index (χ1n) is 5.23. The molecule has 0 aliphatic heterocycles. The molecule has 2 nitrogen and oxygen atoms in total. The Balaban J connectivity index is 2.61. The number of furan rings is 1. The molecule has 0 aromatic carbocycles. The van der Waals surface area contributed by atoms with Crippen molar-refractivity contribution < 1.29 is 4.42 Å². The molecule has 86 valence electrons. The van der Waals surface area contributed by atoms with Gasteiger partial charge in [-0.05, 0) is 33.8 Å². The number of hydrogen-bond acceptors (Lipinski definition) is 3. The smallest absolute Gasteiger partial charge is 0.135 e. The van der Waals surface area contributed by atoms with Crippen molar-refractivity contribution in [3.05, 3.63) is 22.6 Å². The lowest BCUT2D eigenvalue weighted by Crippen LogP contribution is -2.23. The standard InChI is InChI=1S/C11H18BrNOS/c1-4-13-10(7-15-8(2)3)11-9(12)5-6-14-11/h5-6,8,10,13H,4,7H2,1-3H3. The summed E-state index contributed by atoms with van der Waals surface area (Å²) in [6, 6.07) is 2.24. The summed E-state index contributed by atoms with van der Waals surface area (Å²) < 4.78 is 6.54. The fourth-order valence-corrected chi connectivity index (χ4v) is 2.64. The zero-order valence-corrected chi connectivity index (χ0v) is 11.8. The van der Waals surface area contributed by atoms with Crippen LogP contribution in [0, 0.1) is 0 Å². The third-order valence-corrected chi connectivity index (χ3v) is 3.86. The topological polar surface area (TPSA) is 25.2 Å². The Kier molecular flexibility index (Phi) is 5.79. The number of nitrogens with one attached hydrogen (secondary N) is 1. The minimum atomic E-state index is 0.298. The van der Waals surface area contributed by atoms with E-state index in [9.17, 15) is 0 Å². The Labute approximate surface area is 104 Å². The lowest BCUT2D eigenvalue weighted by atomic mass is 10.2. The van der Waals surface area contributed by atoms with Gasteiger partial charge in [-0.3, -0.25) is 0 Å². The van der Waals surface area contributed by atoms with Gasteiger partial charge in [0.1, 0.15) is 5.76 Å². The summed E-state index contributed by atoms with van der Waals surface area (Å²) in [4.78, 5) is 0. The van der Waals surface area contributed by atoms with Crippen molar-refractivity contribution in [2.45, 2.75) is 32.1 Å². The second kappa shape index (κ2) is 6.61. The zero-order chi connectivity index (χ0) is 11.3. The molecule has 0 amide bonds. The third-order valence-electron chi connectivity index (χ3n) is 2.01. The van der Waals surface area contributed by atoms with Crippen LogP contribution in [0.5, 0.6) is 0 Å². The molecule has 0 saturated heterocycles. The minimum Gasteiger partial charge on any atom is -0.466 e. The van der Waals surface area contributed by atoms with Crippen LogP contribution < -0.4 is 5.32 Å². The molecule has 0 spiro atoms. The van der Waals surface area contributed by atoms with E-state index in [2.05, 4.69) is 42.0 Å². The molecule has 1 unspecified atom stereocenters. The molecule has 4 heteroatoms. The van der Waals surface area contributed by atoms with E-state index in [1.807, 2.05) is 17.8 Å². The lowest BCUT2D eigenvalue weighted by Gasteiger charge is -2.16. The molecule has 1 rings (SSSR count). The summed E-state index contributed by atoms with van der Waals surface area (Å²) in [5, 5.41) is 4.09. The van der Waals surface area contributed by atoms with Gasteiger partial charge in [0.2, 0.25) is 0 Å². The second-order valence-electron chi connectivity index (χ2n) is 3.63. The molecule has 1 atom stereocenters. The number of rotatable bonds is 6. The van der Waals surface area contributed by atoms with Crippen molar-refractivity contribution in [3.63, 3.8) is 0 Å². The first-order chi connectivity index (χ1) is 7.15. The van der Waals surface area contributed by atoms with Gasteiger partial charge in [-0.1, -0.05) is 20.8 Å². The Morgan fingerprint density at radius 1 is 1.53 bits per heavy atom. The van der Waals surface area contributed by atoms with Crippen LogP contribution in [0.2, 0.25) is 0 Å². The predicted octanol–water partition coefficient (Wildman–Crippen LogP) is 3.83. The van der Waals surface area contributed by atoms with Crippen LogP contribution in [0.3, 0.4) is 0 Å². The van der Waals surface area contributed by atoms with Crippen molar-refractivity contribution >= 4 is 27.7 Å². The molecule has 0 aliphatic carbocycles. The van der Waals surface area contributed by atoms with Gasteiger partial charge < -0.3 is 9.73 Å². The van der Waals surface area contributed by atoms with E-state index in [4.69, 9.17) is 4.42 Å². The number of hydrogen-bond donors (Lipinski definition) is 1. The normalized spacial score (nSPS) is 13.4. The van der Waals surface area contributed by atoms with Crippen LogP contribution in [0.15, 0.2) is 21.2 Å². The van der Waals surface area contributed by atoms with E-state index in [1.165, 1.54) is 0 Å². The lowest BCUT2D eigenvalue weighted by molar-refractivity contribution is 0.438. The Bertz CT molecular complexity index is 288. The highest BCUT2D eigenvalue weighted by Crippen LogP contribution is 2.28. The summed E-state index contributed by atoms with van der Waals surface area (Å²) >= 11 is 5.44. The highest BCUT2D eigenvalue weighted by molar-refractivity contribution is 9.10. The van der Waals surface area contributed by atoms with Gasteiger partial charge in [0.15, 0.2) is 0 Å². The number of thioether (sulfide) groups is 1. The van der Waals surface area contributed by atoms with Gasteiger partial charge in [-0.15, -0.1) is 0 Å². The van der Waals surface area contributed by atoms with E-state index in [-0.39, 0.29) is 0 Å². The maximum Gasteiger partial charge on any atom is 0.135 e. The van der Waals surface area contributed by atoms with Crippen LogP contribution in [-0.2, 0) is 0 Å². The van der Waals surface area contributed by atoms with Gasteiger partial charge in [0.25, 0.3) is 0 Å². The minimum absolute atomic E-state index is 0.298. The highest BCUT2D eigenvalue weighted by Gasteiger charge is 2.17. The van der Waals surface area contributed by atoms with Gasteiger partial charge in [-0.2, -0.15) is 11.8 Å². The summed E-state index contributed by atoms with van der Waals surface area (Å²) in [6.45, 7) is 7.50. The van der Waals surface area contributed by atoms with E-state index >= 15 is 0 Å². The molecular weight excluding hydrogens is 274 g/mol. The summed E-state index contributed by atoms with van der Waals surface area (Å²) in [5.41, 5.74) is 0. The SMILES string of the molecule is CCNC(CSC(C)C)c1occc1Br. The first kappa shape index (κ1) is 13.1. The Morgan fingerprint density at radius 2 is 2.27 bits per heavy atom. The van der Waals surface area contributed by atoms with Crippen LogP contribution in [0.1, 0.15) is 32.6 Å². The van der Waals surface area contributed by atoms with Gasteiger partial charge >= 0.3 is 0 Å². The van der Waals surface area contributed by atoms with Crippen molar-refractivity contribution in [3.8, 4) is 0 Å². The first-order valence-corrected chi connectivity index (χ1v) is 7.07. The second-order valence-corrected chi connectivity index (χ2v) is 6.09. The van der Waals surface area contributed by atoms with Gasteiger partial charge in [0, 0.05) is 5.75 Å². The average molecular weight is 292 g/mol. The molecule has 0 radical (unpaired) electrons. The molecule has 0 aliphatic rings. The Hall–Kier alpha value is 0.0700. The van der Waals surface area contributed by atoms with E-state index < -0.39 is 0 Å². The molecule has 15 heavy (non-hydrogen) atoms. The number of halogens is 1. The predicted molar refractivity (Wildman–Crippen MR) is 70.4 cm³/mol. The molecule has 1 N–H and O–H groups in total. The van der Waals surface area contributed by atoms with Gasteiger partial charge in [0.05, 0.1) is 16.8 Å². The van der Waals surface area contributed by atoms with Crippen LogP contribution in [-0.4, -0.2) is 17.5 Å². The summed E-state index contributed by atoms with van der Waals surface area (Å²) in [7, 11) is 0. The van der Waals surface area contributed by atoms with Crippen molar-refractivity contribution in [1.29, 1.82) is 0 Å². The summed E-state index contributed by atoms with van der Waals surface area (Å²) in [6.07, 6.45) is 1.73. The largest absolute Gasteiger partial charge is 0.466 e. The van der Waals surface area contributed by atoms with Crippen molar-refractivity contribution in [1.82, 2.24) is 5.32 Å². The molecule has 0 bridgehead atoms. The van der Waals surface area contributed by atoms with Crippen molar-refractivity contribution in [2.24, 2.45) is 0 Å².